The van der Waals surface area contributed by atoms with Crippen LogP contribution in [0.25, 0.3) is 0 Å². The summed E-state index contributed by atoms with van der Waals surface area (Å²) in [6.45, 7) is 2.34. The second-order valence-corrected chi connectivity index (χ2v) is 4.05. The minimum Gasteiger partial charge on any atom is -0.396 e. The average Bonchev–Trinajstić information content (AvgIpc) is 2.70. The molecule has 1 atom stereocenters. The molecule has 1 unspecified atom stereocenters. The summed E-state index contributed by atoms with van der Waals surface area (Å²) in [4.78, 5) is 0. The maximum Gasteiger partial charge on any atom is 0.0440 e. The molecular weight excluding hydrogens is 174 g/mol. The molecule has 76 valence electrons. The minimum atomic E-state index is 0.177. The van der Waals surface area contributed by atoms with Gasteiger partial charge in [0.2, 0.25) is 0 Å². The van der Waals surface area contributed by atoms with Crippen molar-refractivity contribution in [2.24, 2.45) is 0 Å². The summed E-state index contributed by atoms with van der Waals surface area (Å²) in [6.07, 6.45) is 2.00. The van der Waals surface area contributed by atoms with E-state index >= 15 is 0 Å². The van der Waals surface area contributed by atoms with Crippen molar-refractivity contribution in [3.8, 4) is 0 Å². The molecule has 0 spiro atoms. The molecule has 0 aromatic heterocycles. The van der Waals surface area contributed by atoms with Crippen molar-refractivity contribution in [2.75, 3.05) is 19.7 Å². The normalized spacial score (nSPS) is 26.6. The second kappa shape index (κ2) is 4.11. The standard InChI is InChI=1S/C12H17NO/c14-9-7-12(6-8-13-10-12)11-4-2-1-3-5-11/h1-5,13-14H,6-10H2. The SMILES string of the molecule is OCCC1(c2ccccc2)CCNC1. The number of benzene rings is 1. The first-order valence-corrected chi connectivity index (χ1v) is 5.24. The van der Waals surface area contributed by atoms with Crippen LogP contribution in [0.3, 0.4) is 0 Å². The van der Waals surface area contributed by atoms with Crippen molar-refractivity contribution in [2.45, 2.75) is 18.3 Å². The molecule has 14 heavy (non-hydrogen) atoms. The van der Waals surface area contributed by atoms with Crippen LogP contribution in [0.2, 0.25) is 0 Å². The van der Waals surface area contributed by atoms with E-state index in [-0.39, 0.29) is 12.0 Å². The summed E-state index contributed by atoms with van der Waals surface area (Å²) in [7, 11) is 0. The lowest BCUT2D eigenvalue weighted by atomic mass is 9.77. The zero-order valence-corrected chi connectivity index (χ0v) is 8.37. The number of hydrogen-bond acceptors (Lipinski definition) is 2. The molecule has 0 radical (unpaired) electrons. The molecule has 1 aromatic carbocycles. The van der Waals surface area contributed by atoms with E-state index < -0.39 is 0 Å². The summed E-state index contributed by atoms with van der Waals surface area (Å²) in [5.41, 5.74) is 1.54. The van der Waals surface area contributed by atoms with Gasteiger partial charge >= 0.3 is 0 Å². The molecule has 1 heterocycles. The van der Waals surface area contributed by atoms with Gasteiger partial charge in [-0.15, -0.1) is 0 Å². The average molecular weight is 191 g/mol. The molecule has 0 aliphatic carbocycles. The van der Waals surface area contributed by atoms with Crippen molar-refractivity contribution in [3.05, 3.63) is 35.9 Å². The van der Waals surface area contributed by atoms with Gasteiger partial charge in [0, 0.05) is 18.6 Å². The Hall–Kier alpha value is -0.860. The maximum atomic E-state index is 9.13. The van der Waals surface area contributed by atoms with Gasteiger partial charge < -0.3 is 10.4 Å². The fraction of sp³-hybridized carbons (Fsp3) is 0.500. The van der Waals surface area contributed by atoms with E-state index in [0.717, 1.165) is 25.9 Å². The van der Waals surface area contributed by atoms with E-state index in [1.807, 2.05) is 6.07 Å². The Morgan fingerprint density at radius 1 is 1.29 bits per heavy atom. The van der Waals surface area contributed by atoms with Crippen LogP contribution in [0.4, 0.5) is 0 Å². The highest BCUT2D eigenvalue weighted by Gasteiger charge is 2.34. The third kappa shape index (κ3) is 1.68. The van der Waals surface area contributed by atoms with Gasteiger partial charge in [-0.25, -0.2) is 0 Å². The molecule has 1 aliphatic rings. The Morgan fingerprint density at radius 2 is 2.07 bits per heavy atom. The van der Waals surface area contributed by atoms with Crippen LogP contribution < -0.4 is 5.32 Å². The lowest BCUT2D eigenvalue weighted by Gasteiger charge is -2.27. The van der Waals surface area contributed by atoms with E-state index in [1.54, 1.807) is 0 Å². The highest BCUT2D eigenvalue weighted by atomic mass is 16.3. The van der Waals surface area contributed by atoms with Crippen molar-refractivity contribution in [1.82, 2.24) is 5.32 Å². The van der Waals surface area contributed by atoms with Crippen LogP contribution >= 0.6 is 0 Å². The Labute approximate surface area is 85.0 Å². The first-order chi connectivity index (χ1) is 6.87. The van der Waals surface area contributed by atoms with E-state index in [4.69, 9.17) is 5.11 Å². The van der Waals surface area contributed by atoms with Gasteiger partial charge in [0.1, 0.15) is 0 Å². The molecule has 1 aliphatic heterocycles. The van der Waals surface area contributed by atoms with Crippen molar-refractivity contribution >= 4 is 0 Å². The van der Waals surface area contributed by atoms with Crippen molar-refractivity contribution in [3.63, 3.8) is 0 Å². The van der Waals surface area contributed by atoms with Gasteiger partial charge in [0.15, 0.2) is 0 Å². The van der Waals surface area contributed by atoms with Gasteiger partial charge in [-0.05, 0) is 24.9 Å². The van der Waals surface area contributed by atoms with E-state index in [0.29, 0.717) is 0 Å². The molecular formula is C12H17NO. The number of rotatable bonds is 3. The summed E-state index contributed by atoms with van der Waals surface area (Å²) >= 11 is 0. The molecule has 1 fully saturated rings. The van der Waals surface area contributed by atoms with Crippen LogP contribution in [-0.2, 0) is 5.41 Å². The van der Waals surface area contributed by atoms with Crippen LogP contribution in [0.5, 0.6) is 0 Å². The molecule has 2 heteroatoms. The number of nitrogens with one attached hydrogen (secondary N) is 1. The number of aliphatic hydroxyl groups excluding tert-OH is 1. The van der Waals surface area contributed by atoms with Crippen molar-refractivity contribution in [1.29, 1.82) is 0 Å². The highest BCUT2D eigenvalue weighted by Crippen LogP contribution is 2.33. The summed E-state index contributed by atoms with van der Waals surface area (Å²) in [5, 5.41) is 12.5. The monoisotopic (exact) mass is 191 g/mol. The lowest BCUT2D eigenvalue weighted by molar-refractivity contribution is 0.244. The van der Waals surface area contributed by atoms with E-state index in [1.165, 1.54) is 5.56 Å². The second-order valence-electron chi connectivity index (χ2n) is 4.05. The fourth-order valence-corrected chi connectivity index (χ4v) is 2.35. The largest absolute Gasteiger partial charge is 0.396 e. The third-order valence-corrected chi connectivity index (χ3v) is 3.22. The van der Waals surface area contributed by atoms with Gasteiger partial charge in [0.25, 0.3) is 0 Å². The fourth-order valence-electron chi connectivity index (χ4n) is 2.35. The topological polar surface area (TPSA) is 32.3 Å². The predicted molar refractivity (Wildman–Crippen MR) is 57.3 cm³/mol. The Morgan fingerprint density at radius 3 is 2.64 bits per heavy atom. The lowest BCUT2D eigenvalue weighted by Crippen LogP contribution is -2.30. The van der Waals surface area contributed by atoms with Gasteiger partial charge in [-0.1, -0.05) is 30.3 Å². The predicted octanol–water partition coefficient (Wildman–Crippen LogP) is 1.30. The van der Waals surface area contributed by atoms with E-state index in [9.17, 15) is 0 Å². The summed E-state index contributed by atoms with van der Waals surface area (Å²) in [5.74, 6) is 0. The van der Waals surface area contributed by atoms with Crippen molar-refractivity contribution < 1.29 is 5.11 Å². The molecule has 2 nitrogen and oxygen atoms in total. The van der Waals surface area contributed by atoms with Crippen LogP contribution in [0.15, 0.2) is 30.3 Å². The molecule has 2 rings (SSSR count). The third-order valence-electron chi connectivity index (χ3n) is 3.22. The van der Waals surface area contributed by atoms with Gasteiger partial charge in [-0.2, -0.15) is 0 Å². The molecule has 0 amide bonds. The Kier molecular flexibility index (Phi) is 2.85. The maximum absolute atomic E-state index is 9.13. The molecule has 2 N–H and O–H groups in total. The zero-order chi connectivity index (χ0) is 9.86. The van der Waals surface area contributed by atoms with Crippen LogP contribution in [0, 0.1) is 0 Å². The molecule has 1 aromatic rings. The summed E-state index contributed by atoms with van der Waals surface area (Å²) in [6, 6.07) is 10.5. The molecule has 0 saturated carbocycles. The van der Waals surface area contributed by atoms with Crippen LogP contribution in [0.1, 0.15) is 18.4 Å². The quantitative estimate of drug-likeness (QED) is 0.754. The molecule has 1 saturated heterocycles. The van der Waals surface area contributed by atoms with Gasteiger partial charge in [-0.3, -0.25) is 0 Å². The Bertz CT molecular complexity index is 278. The number of aliphatic hydroxyl groups is 1. The first kappa shape index (κ1) is 9.69. The smallest absolute Gasteiger partial charge is 0.0440 e. The zero-order valence-electron chi connectivity index (χ0n) is 8.37. The van der Waals surface area contributed by atoms with E-state index in [2.05, 4.69) is 29.6 Å². The highest BCUT2D eigenvalue weighted by molar-refractivity contribution is 5.27. The number of hydrogen-bond donors (Lipinski definition) is 2. The summed E-state index contributed by atoms with van der Waals surface area (Å²) < 4.78 is 0. The van der Waals surface area contributed by atoms with Crippen LogP contribution in [-0.4, -0.2) is 24.8 Å². The molecule has 0 bridgehead atoms. The Balaban J connectivity index is 2.27. The van der Waals surface area contributed by atoms with Gasteiger partial charge in [0.05, 0.1) is 0 Å². The minimum absolute atomic E-state index is 0.177. The first-order valence-electron chi connectivity index (χ1n) is 5.24.